The van der Waals surface area contributed by atoms with Crippen molar-refractivity contribution in [3.05, 3.63) is 0 Å². The Kier molecular flexibility index (Phi) is 5.67. The van der Waals surface area contributed by atoms with E-state index < -0.39 is 0 Å². The van der Waals surface area contributed by atoms with Crippen molar-refractivity contribution in [3.63, 3.8) is 0 Å². The van der Waals surface area contributed by atoms with Crippen molar-refractivity contribution < 1.29 is 0 Å². The number of rotatable bonds is 6. The minimum Gasteiger partial charge on any atom is -0.312 e. The second-order valence-corrected chi connectivity index (χ2v) is 7.81. The van der Waals surface area contributed by atoms with Gasteiger partial charge in [0.2, 0.25) is 0 Å². The maximum absolute atomic E-state index is 3.83. The highest BCUT2D eigenvalue weighted by Gasteiger charge is 2.36. The molecule has 1 aliphatic carbocycles. The standard InChI is InChI=1S/C16H34N2/c1-12(2)8-14(18(6)7)11-17-15-10-16(4,5)9-13(15)3/h12-15,17H,8-11H2,1-7H3. The second kappa shape index (κ2) is 6.38. The Morgan fingerprint density at radius 2 is 1.83 bits per heavy atom. The molecule has 108 valence electrons. The van der Waals surface area contributed by atoms with Crippen LogP contribution in [0, 0.1) is 17.3 Å². The first-order valence-electron chi connectivity index (χ1n) is 7.61. The highest BCUT2D eigenvalue weighted by molar-refractivity contribution is 4.91. The molecule has 3 unspecified atom stereocenters. The van der Waals surface area contributed by atoms with Gasteiger partial charge >= 0.3 is 0 Å². The summed E-state index contributed by atoms with van der Waals surface area (Å²) in [5, 5.41) is 3.83. The average molecular weight is 254 g/mol. The molecule has 1 saturated carbocycles. The molecule has 0 spiro atoms. The Hall–Kier alpha value is -0.0800. The van der Waals surface area contributed by atoms with Crippen LogP contribution in [-0.4, -0.2) is 37.6 Å². The van der Waals surface area contributed by atoms with Gasteiger partial charge in [-0.05, 0) is 50.6 Å². The van der Waals surface area contributed by atoms with Crippen molar-refractivity contribution in [1.29, 1.82) is 0 Å². The van der Waals surface area contributed by atoms with E-state index in [1.54, 1.807) is 0 Å². The molecule has 0 amide bonds. The van der Waals surface area contributed by atoms with E-state index in [0.717, 1.165) is 24.4 Å². The summed E-state index contributed by atoms with van der Waals surface area (Å²) in [6.45, 7) is 13.0. The van der Waals surface area contributed by atoms with Crippen LogP contribution < -0.4 is 5.32 Å². The van der Waals surface area contributed by atoms with Gasteiger partial charge < -0.3 is 10.2 Å². The van der Waals surface area contributed by atoms with E-state index in [1.165, 1.54) is 19.3 Å². The number of hydrogen-bond donors (Lipinski definition) is 1. The summed E-state index contributed by atoms with van der Waals surface area (Å²) >= 11 is 0. The van der Waals surface area contributed by atoms with Crippen LogP contribution in [0.3, 0.4) is 0 Å². The monoisotopic (exact) mass is 254 g/mol. The van der Waals surface area contributed by atoms with Crippen LogP contribution in [0.15, 0.2) is 0 Å². The molecular weight excluding hydrogens is 220 g/mol. The van der Waals surface area contributed by atoms with Gasteiger partial charge in [-0.15, -0.1) is 0 Å². The summed E-state index contributed by atoms with van der Waals surface area (Å²) in [7, 11) is 4.41. The molecule has 0 aromatic heterocycles. The third-order valence-corrected chi connectivity index (χ3v) is 4.42. The van der Waals surface area contributed by atoms with Gasteiger partial charge in [0.05, 0.1) is 0 Å². The number of hydrogen-bond acceptors (Lipinski definition) is 2. The van der Waals surface area contributed by atoms with Crippen molar-refractivity contribution in [3.8, 4) is 0 Å². The maximum atomic E-state index is 3.83. The molecule has 0 aromatic carbocycles. The maximum Gasteiger partial charge on any atom is 0.0217 e. The molecular formula is C16H34N2. The van der Waals surface area contributed by atoms with Crippen LogP contribution >= 0.6 is 0 Å². The minimum absolute atomic E-state index is 0.531. The first-order chi connectivity index (χ1) is 8.21. The summed E-state index contributed by atoms with van der Waals surface area (Å²) < 4.78 is 0. The summed E-state index contributed by atoms with van der Waals surface area (Å²) in [6, 6.07) is 1.38. The SMILES string of the molecule is CC(C)CC(CNC1CC(C)(C)CC1C)N(C)C. The Morgan fingerprint density at radius 1 is 1.22 bits per heavy atom. The fourth-order valence-corrected chi connectivity index (χ4v) is 3.48. The molecule has 1 rings (SSSR count). The van der Waals surface area contributed by atoms with Gasteiger partial charge in [0.25, 0.3) is 0 Å². The van der Waals surface area contributed by atoms with Crippen LogP contribution in [0.4, 0.5) is 0 Å². The molecule has 0 heterocycles. The molecule has 18 heavy (non-hydrogen) atoms. The summed E-state index contributed by atoms with van der Waals surface area (Å²) in [5.74, 6) is 1.60. The molecule has 3 atom stereocenters. The van der Waals surface area contributed by atoms with Crippen molar-refractivity contribution in [2.24, 2.45) is 17.3 Å². The first kappa shape index (κ1) is 16.0. The van der Waals surface area contributed by atoms with E-state index in [0.29, 0.717) is 11.5 Å². The lowest BCUT2D eigenvalue weighted by atomic mass is 9.91. The fraction of sp³-hybridized carbons (Fsp3) is 1.00. The third-order valence-electron chi connectivity index (χ3n) is 4.42. The number of nitrogens with zero attached hydrogens (tertiary/aromatic N) is 1. The van der Waals surface area contributed by atoms with E-state index in [1.807, 2.05) is 0 Å². The lowest BCUT2D eigenvalue weighted by Crippen LogP contribution is -2.43. The summed E-state index contributed by atoms with van der Waals surface area (Å²) in [6.07, 6.45) is 3.97. The quantitative estimate of drug-likeness (QED) is 0.782. The van der Waals surface area contributed by atoms with E-state index in [9.17, 15) is 0 Å². The summed E-state index contributed by atoms with van der Waals surface area (Å²) in [4.78, 5) is 2.37. The number of likely N-dealkylation sites (N-methyl/N-ethyl adjacent to an activating group) is 1. The zero-order chi connectivity index (χ0) is 13.9. The van der Waals surface area contributed by atoms with Gasteiger partial charge in [-0.1, -0.05) is 34.6 Å². The van der Waals surface area contributed by atoms with Crippen LogP contribution in [0.1, 0.15) is 53.9 Å². The van der Waals surface area contributed by atoms with Gasteiger partial charge in [-0.2, -0.15) is 0 Å². The molecule has 0 saturated heterocycles. The summed E-state index contributed by atoms with van der Waals surface area (Å²) in [5.41, 5.74) is 0.531. The van der Waals surface area contributed by atoms with Gasteiger partial charge in [-0.3, -0.25) is 0 Å². The molecule has 1 N–H and O–H groups in total. The predicted octanol–water partition coefficient (Wildman–Crippen LogP) is 3.38. The first-order valence-corrected chi connectivity index (χ1v) is 7.61. The van der Waals surface area contributed by atoms with Crippen LogP contribution in [0.25, 0.3) is 0 Å². The molecule has 2 nitrogen and oxygen atoms in total. The lowest BCUT2D eigenvalue weighted by molar-refractivity contribution is 0.234. The highest BCUT2D eigenvalue weighted by atomic mass is 15.1. The largest absolute Gasteiger partial charge is 0.312 e. The van der Waals surface area contributed by atoms with Crippen molar-refractivity contribution in [2.45, 2.75) is 66.0 Å². The van der Waals surface area contributed by atoms with E-state index >= 15 is 0 Å². The van der Waals surface area contributed by atoms with Crippen molar-refractivity contribution in [1.82, 2.24) is 10.2 Å². The second-order valence-electron chi connectivity index (χ2n) is 7.81. The lowest BCUT2D eigenvalue weighted by Gasteiger charge is -2.29. The molecule has 0 bridgehead atoms. The topological polar surface area (TPSA) is 15.3 Å². The third kappa shape index (κ3) is 4.89. The van der Waals surface area contributed by atoms with Gasteiger partial charge in [0, 0.05) is 18.6 Å². The molecule has 1 aliphatic rings. The minimum atomic E-state index is 0.531. The normalized spacial score (nSPS) is 29.2. The van der Waals surface area contributed by atoms with E-state index in [2.05, 4.69) is 58.9 Å². The predicted molar refractivity (Wildman–Crippen MR) is 80.9 cm³/mol. The number of nitrogens with one attached hydrogen (secondary N) is 1. The van der Waals surface area contributed by atoms with Crippen LogP contribution in [-0.2, 0) is 0 Å². The van der Waals surface area contributed by atoms with E-state index in [4.69, 9.17) is 0 Å². The average Bonchev–Trinajstić information content (AvgIpc) is 2.45. The van der Waals surface area contributed by atoms with Crippen molar-refractivity contribution >= 4 is 0 Å². The molecule has 0 radical (unpaired) electrons. The fourth-order valence-electron chi connectivity index (χ4n) is 3.48. The molecule has 0 aromatic rings. The Balaban J connectivity index is 2.43. The Bertz CT molecular complexity index is 243. The smallest absolute Gasteiger partial charge is 0.0217 e. The zero-order valence-electron chi connectivity index (χ0n) is 13.6. The van der Waals surface area contributed by atoms with Gasteiger partial charge in [0.15, 0.2) is 0 Å². The van der Waals surface area contributed by atoms with E-state index in [-0.39, 0.29) is 0 Å². The van der Waals surface area contributed by atoms with Crippen LogP contribution in [0.5, 0.6) is 0 Å². The molecule has 1 fully saturated rings. The highest BCUT2D eigenvalue weighted by Crippen LogP contribution is 2.40. The Labute approximate surface area is 115 Å². The van der Waals surface area contributed by atoms with Gasteiger partial charge in [0.1, 0.15) is 0 Å². The molecule has 0 aliphatic heterocycles. The molecule has 2 heteroatoms. The van der Waals surface area contributed by atoms with Crippen molar-refractivity contribution in [2.75, 3.05) is 20.6 Å². The van der Waals surface area contributed by atoms with Gasteiger partial charge in [-0.25, -0.2) is 0 Å². The van der Waals surface area contributed by atoms with Crippen LogP contribution in [0.2, 0.25) is 0 Å². The Morgan fingerprint density at radius 3 is 2.22 bits per heavy atom. The zero-order valence-corrected chi connectivity index (χ0v) is 13.6.